The van der Waals surface area contributed by atoms with E-state index in [1.165, 1.54) is 0 Å². The first-order valence-corrected chi connectivity index (χ1v) is 7.86. The largest absolute Gasteiger partial charge is 0.384 e. The van der Waals surface area contributed by atoms with Crippen molar-refractivity contribution in [3.8, 4) is 0 Å². The highest BCUT2D eigenvalue weighted by Gasteiger charge is 2.16. The number of carbonyl (C=O) groups is 1. The zero-order valence-electron chi connectivity index (χ0n) is 14.2. The Morgan fingerprint density at radius 2 is 1.75 bits per heavy atom. The van der Waals surface area contributed by atoms with Crippen molar-refractivity contribution in [2.24, 2.45) is 10.9 Å². The first-order valence-electron chi connectivity index (χ1n) is 7.86. The fourth-order valence-corrected chi connectivity index (χ4v) is 2.27. The van der Waals surface area contributed by atoms with Crippen LogP contribution in [0, 0.1) is 13.8 Å². The van der Waals surface area contributed by atoms with Gasteiger partial charge in [0.05, 0.1) is 0 Å². The molecule has 0 saturated carbocycles. The second kappa shape index (κ2) is 8.15. The molecule has 2 aromatic rings. The van der Waals surface area contributed by atoms with E-state index in [2.05, 4.69) is 10.5 Å². The zero-order valence-corrected chi connectivity index (χ0v) is 14.2. The highest BCUT2D eigenvalue weighted by atomic mass is 16.6. The van der Waals surface area contributed by atoms with Crippen LogP contribution in [0.15, 0.2) is 53.7 Å². The minimum atomic E-state index is -0.738. The maximum absolute atomic E-state index is 12.2. The Morgan fingerprint density at radius 1 is 1.12 bits per heavy atom. The number of amidine groups is 1. The normalized spacial score (nSPS) is 12.5. The average molecular weight is 325 g/mol. The minimum Gasteiger partial charge on any atom is -0.384 e. The van der Waals surface area contributed by atoms with Gasteiger partial charge in [0.15, 0.2) is 0 Å². The molecule has 24 heavy (non-hydrogen) atoms. The second-order valence-electron chi connectivity index (χ2n) is 5.75. The van der Waals surface area contributed by atoms with Gasteiger partial charge in [-0.15, -0.1) is 0 Å². The summed E-state index contributed by atoms with van der Waals surface area (Å²) in [5.41, 5.74) is 9.69. The fraction of sp³-hybridized carbons (Fsp3) is 0.263. The van der Waals surface area contributed by atoms with Crippen LogP contribution < -0.4 is 11.1 Å². The summed E-state index contributed by atoms with van der Waals surface area (Å²) in [4.78, 5) is 17.5. The van der Waals surface area contributed by atoms with Crippen molar-refractivity contribution < 1.29 is 9.63 Å². The summed E-state index contributed by atoms with van der Waals surface area (Å²) in [7, 11) is 0. The predicted octanol–water partition coefficient (Wildman–Crippen LogP) is 3.16. The maximum Gasteiger partial charge on any atom is 0.268 e. The highest BCUT2D eigenvalue weighted by Crippen LogP contribution is 2.19. The number of para-hydroxylation sites is 1. The Balaban J connectivity index is 1.93. The van der Waals surface area contributed by atoms with Gasteiger partial charge in [-0.05, 0) is 37.5 Å². The molecule has 1 atom stereocenters. The van der Waals surface area contributed by atoms with Gasteiger partial charge >= 0.3 is 0 Å². The topological polar surface area (TPSA) is 76.7 Å². The quantitative estimate of drug-likeness (QED) is 0.486. The third-order valence-corrected chi connectivity index (χ3v) is 3.65. The number of hydrogen-bond donors (Lipinski definition) is 2. The summed E-state index contributed by atoms with van der Waals surface area (Å²) in [6, 6.07) is 15.6. The van der Waals surface area contributed by atoms with Crippen LogP contribution in [0.5, 0.6) is 0 Å². The number of carbonyl (C=O) groups excluding carboxylic acids is 1. The van der Waals surface area contributed by atoms with Crippen LogP contribution >= 0.6 is 0 Å². The van der Waals surface area contributed by atoms with E-state index in [-0.39, 0.29) is 5.91 Å². The van der Waals surface area contributed by atoms with Gasteiger partial charge in [-0.1, -0.05) is 53.7 Å². The predicted molar refractivity (Wildman–Crippen MR) is 96.9 cm³/mol. The van der Waals surface area contributed by atoms with Gasteiger partial charge in [-0.25, -0.2) is 0 Å². The molecule has 0 spiro atoms. The molecule has 2 rings (SSSR count). The van der Waals surface area contributed by atoms with E-state index in [1.54, 1.807) is 6.92 Å². The van der Waals surface area contributed by atoms with E-state index in [9.17, 15) is 4.79 Å². The molecule has 2 aromatic carbocycles. The SMILES string of the molecule is Cc1cccc(C)c1NC(=O)C(C)O/N=C(/N)Cc1ccccc1. The monoisotopic (exact) mass is 325 g/mol. The summed E-state index contributed by atoms with van der Waals surface area (Å²) in [5.74, 6) is 0.0663. The van der Waals surface area contributed by atoms with Crippen LogP contribution in [0.4, 0.5) is 5.69 Å². The lowest BCUT2D eigenvalue weighted by molar-refractivity contribution is -0.126. The van der Waals surface area contributed by atoms with Gasteiger partial charge in [0.2, 0.25) is 6.10 Å². The van der Waals surface area contributed by atoms with Crippen molar-refractivity contribution in [3.05, 3.63) is 65.2 Å². The van der Waals surface area contributed by atoms with Crippen LogP contribution in [0.25, 0.3) is 0 Å². The number of nitrogens with two attached hydrogens (primary N) is 1. The average Bonchev–Trinajstić information content (AvgIpc) is 2.57. The van der Waals surface area contributed by atoms with Gasteiger partial charge < -0.3 is 15.9 Å². The van der Waals surface area contributed by atoms with Crippen molar-refractivity contribution >= 4 is 17.4 Å². The minimum absolute atomic E-state index is 0.260. The van der Waals surface area contributed by atoms with Crippen molar-refractivity contribution in [2.75, 3.05) is 5.32 Å². The van der Waals surface area contributed by atoms with Crippen LogP contribution in [0.3, 0.4) is 0 Å². The lowest BCUT2D eigenvalue weighted by atomic mass is 10.1. The standard InChI is InChI=1S/C19H23N3O2/c1-13-8-7-9-14(2)18(13)21-19(23)15(3)24-22-17(20)12-16-10-5-4-6-11-16/h4-11,15H,12H2,1-3H3,(H2,20,22)(H,21,23). The fourth-order valence-electron chi connectivity index (χ4n) is 2.27. The molecule has 0 saturated heterocycles. The smallest absolute Gasteiger partial charge is 0.268 e. The van der Waals surface area contributed by atoms with Crippen LogP contribution in [-0.2, 0) is 16.1 Å². The summed E-state index contributed by atoms with van der Waals surface area (Å²) < 4.78 is 0. The van der Waals surface area contributed by atoms with E-state index in [0.717, 1.165) is 22.4 Å². The molecule has 5 heteroatoms. The molecule has 0 aliphatic carbocycles. The summed E-state index contributed by atoms with van der Waals surface area (Å²) in [6.45, 7) is 5.54. The number of rotatable bonds is 6. The Labute approximate surface area is 142 Å². The Bertz CT molecular complexity index is 706. The number of hydrogen-bond acceptors (Lipinski definition) is 3. The Morgan fingerprint density at radius 3 is 2.38 bits per heavy atom. The van der Waals surface area contributed by atoms with Crippen molar-refractivity contribution in [3.63, 3.8) is 0 Å². The highest BCUT2D eigenvalue weighted by molar-refractivity contribution is 5.95. The van der Waals surface area contributed by atoms with E-state index in [0.29, 0.717) is 12.3 Å². The van der Waals surface area contributed by atoms with E-state index < -0.39 is 6.10 Å². The van der Waals surface area contributed by atoms with Gasteiger partial charge in [-0.2, -0.15) is 0 Å². The molecule has 0 aliphatic heterocycles. The number of oxime groups is 1. The van der Waals surface area contributed by atoms with Crippen molar-refractivity contribution in [1.29, 1.82) is 0 Å². The molecular formula is C19H23N3O2. The molecule has 0 bridgehead atoms. The number of amides is 1. The van der Waals surface area contributed by atoms with Crippen molar-refractivity contribution in [1.82, 2.24) is 0 Å². The molecule has 0 aliphatic rings. The number of benzene rings is 2. The number of anilines is 1. The van der Waals surface area contributed by atoms with E-state index in [4.69, 9.17) is 10.6 Å². The molecule has 0 radical (unpaired) electrons. The molecule has 0 heterocycles. The molecule has 3 N–H and O–H groups in total. The van der Waals surface area contributed by atoms with E-state index in [1.807, 2.05) is 62.4 Å². The molecule has 1 unspecified atom stereocenters. The third-order valence-electron chi connectivity index (χ3n) is 3.65. The first-order chi connectivity index (χ1) is 11.5. The van der Waals surface area contributed by atoms with Crippen LogP contribution in [0.2, 0.25) is 0 Å². The third kappa shape index (κ3) is 4.84. The lowest BCUT2D eigenvalue weighted by Gasteiger charge is -2.14. The first kappa shape index (κ1) is 17.5. The maximum atomic E-state index is 12.2. The van der Waals surface area contributed by atoms with Crippen LogP contribution in [0.1, 0.15) is 23.6 Å². The molecule has 0 fully saturated rings. The van der Waals surface area contributed by atoms with Gasteiger partial charge in [0.1, 0.15) is 5.84 Å². The number of aryl methyl sites for hydroxylation is 2. The Hall–Kier alpha value is -2.82. The lowest BCUT2D eigenvalue weighted by Crippen LogP contribution is -2.28. The van der Waals surface area contributed by atoms with Gasteiger partial charge in [0.25, 0.3) is 5.91 Å². The van der Waals surface area contributed by atoms with Gasteiger partial charge in [-0.3, -0.25) is 4.79 Å². The molecule has 0 aromatic heterocycles. The molecular weight excluding hydrogens is 302 g/mol. The molecule has 126 valence electrons. The zero-order chi connectivity index (χ0) is 17.5. The Kier molecular flexibility index (Phi) is 5.95. The second-order valence-corrected chi connectivity index (χ2v) is 5.75. The number of nitrogens with zero attached hydrogens (tertiary/aromatic N) is 1. The molecule has 1 amide bonds. The summed E-state index contributed by atoms with van der Waals surface area (Å²) >= 11 is 0. The van der Waals surface area contributed by atoms with Gasteiger partial charge in [0, 0.05) is 12.1 Å². The molecule has 5 nitrogen and oxygen atoms in total. The van der Waals surface area contributed by atoms with E-state index >= 15 is 0 Å². The summed E-state index contributed by atoms with van der Waals surface area (Å²) in [5, 5.41) is 6.74. The van der Waals surface area contributed by atoms with Crippen molar-refractivity contribution in [2.45, 2.75) is 33.3 Å². The number of nitrogens with one attached hydrogen (secondary N) is 1. The van der Waals surface area contributed by atoms with Crippen LogP contribution in [-0.4, -0.2) is 17.8 Å². The summed E-state index contributed by atoms with van der Waals surface area (Å²) in [6.07, 6.45) is -0.259.